The number of rotatable bonds is 6. The van der Waals surface area contributed by atoms with Crippen LogP contribution in [0.2, 0.25) is 10.0 Å². The molecule has 0 spiro atoms. The number of aromatic nitrogens is 2. The van der Waals surface area contributed by atoms with Gasteiger partial charge in [-0.05, 0) is 17.7 Å². The van der Waals surface area contributed by atoms with E-state index in [1.807, 2.05) is 30.3 Å². The number of hydrogen-bond donors (Lipinski definition) is 2. The number of benzene rings is 2. The number of carbonyl (C=O) groups is 1. The molecule has 1 aliphatic rings. The number of morpholine rings is 1. The molecule has 7 nitrogen and oxygen atoms in total. The van der Waals surface area contributed by atoms with Crippen LogP contribution in [0, 0.1) is 0 Å². The highest BCUT2D eigenvalue weighted by atomic mass is 35.5. The fraction of sp³-hybridized carbons (Fsp3) is 0.227. The first-order valence-electron chi connectivity index (χ1n) is 9.85. The van der Waals surface area contributed by atoms with Crippen LogP contribution >= 0.6 is 23.2 Å². The minimum absolute atomic E-state index is 0.0835. The van der Waals surface area contributed by atoms with Crippen molar-refractivity contribution in [3.8, 4) is 0 Å². The number of ether oxygens (including phenoxy) is 1. The Kier molecular flexibility index (Phi) is 6.86. The average molecular weight is 458 g/mol. The first-order valence-corrected chi connectivity index (χ1v) is 10.6. The summed E-state index contributed by atoms with van der Waals surface area (Å²) in [6.45, 7) is 3.11. The van der Waals surface area contributed by atoms with Crippen LogP contribution in [0.1, 0.15) is 16.1 Å². The highest BCUT2D eigenvalue weighted by Crippen LogP contribution is 2.35. The van der Waals surface area contributed by atoms with E-state index in [1.165, 1.54) is 6.20 Å². The van der Waals surface area contributed by atoms with E-state index in [0.29, 0.717) is 49.5 Å². The van der Waals surface area contributed by atoms with Crippen molar-refractivity contribution < 1.29 is 9.53 Å². The SMILES string of the molecule is O=C(Nc1cccc(Cl)c1N1CCOCC1)c1nc(NCc2ccccc2)ncc1Cl. The van der Waals surface area contributed by atoms with Gasteiger partial charge < -0.3 is 20.3 Å². The van der Waals surface area contributed by atoms with Crippen molar-refractivity contribution in [2.75, 3.05) is 41.8 Å². The van der Waals surface area contributed by atoms with Crippen LogP contribution in [0.5, 0.6) is 0 Å². The molecule has 0 atom stereocenters. The van der Waals surface area contributed by atoms with Gasteiger partial charge in [-0.25, -0.2) is 9.97 Å². The normalized spacial score (nSPS) is 13.7. The Bertz CT molecular complexity index is 1060. The third-order valence-corrected chi connectivity index (χ3v) is 5.40. The zero-order chi connectivity index (χ0) is 21.6. The molecule has 2 heterocycles. The van der Waals surface area contributed by atoms with Crippen LogP contribution in [0.4, 0.5) is 17.3 Å². The molecule has 3 aromatic rings. The van der Waals surface area contributed by atoms with E-state index >= 15 is 0 Å². The average Bonchev–Trinajstić information content (AvgIpc) is 2.80. The van der Waals surface area contributed by atoms with Crippen molar-refractivity contribution in [3.05, 3.63) is 76.0 Å². The summed E-state index contributed by atoms with van der Waals surface area (Å²) in [6, 6.07) is 15.2. The van der Waals surface area contributed by atoms with Gasteiger partial charge >= 0.3 is 0 Å². The molecule has 0 bridgehead atoms. The number of anilines is 3. The highest BCUT2D eigenvalue weighted by Gasteiger charge is 2.21. The van der Waals surface area contributed by atoms with E-state index in [9.17, 15) is 4.79 Å². The minimum Gasteiger partial charge on any atom is -0.378 e. The Balaban J connectivity index is 1.53. The van der Waals surface area contributed by atoms with Gasteiger partial charge in [-0.2, -0.15) is 0 Å². The van der Waals surface area contributed by atoms with Gasteiger partial charge in [0.1, 0.15) is 0 Å². The molecule has 0 radical (unpaired) electrons. The van der Waals surface area contributed by atoms with E-state index in [0.717, 1.165) is 11.3 Å². The summed E-state index contributed by atoms with van der Waals surface area (Å²) in [5.74, 6) is -0.121. The van der Waals surface area contributed by atoms with Gasteiger partial charge in [-0.15, -0.1) is 0 Å². The van der Waals surface area contributed by atoms with Gasteiger partial charge in [0.2, 0.25) is 5.95 Å². The van der Waals surface area contributed by atoms with Crippen LogP contribution < -0.4 is 15.5 Å². The second kappa shape index (κ2) is 9.96. The summed E-state index contributed by atoms with van der Waals surface area (Å²) < 4.78 is 5.42. The monoisotopic (exact) mass is 457 g/mol. The van der Waals surface area contributed by atoms with Crippen LogP contribution in [0.15, 0.2) is 54.7 Å². The molecule has 4 rings (SSSR count). The topological polar surface area (TPSA) is 79.4 Å². The molecule has 2 N–H and O–H groups in total. The predicted octanol–water partition coefficient (Wildman–Crippen LogP) is 4.48. The second-order valence-electron chi connectivity index (χ2n) is 6.92. The smallest absolute Gasteiger partial charge is 0.276 e. The van der Waals surface area contributed by atoms with Gasteiger partial charge in [-0.1, -0.05) is 59.6 Å². The van der Waals surface area contributed by atoms with E-state index in [2.05, 4.69) is 25.5 Å². The minimum atomic E-state index is -0.438. The van der Waals surface area contributed by atoms with Crippen molar-refractivity contribution in [3.63, 3.8) is 0 Å². The molecule has 31 heavy (non-hydrogen) atoms. The molecule has 9 heteroatoms. The van der Waals surface area contributed by atoms with Crippen molar-refractivity contribution in [2.45, 2.75) is 6.54 Å². The molecule has 0 unspecified atom stereocenters. The number of para-hydroxylation sites is 1. The zero-order valence-electron chi connectivity index (χ0n) is 16.6. The predicted molar refractivity (Wildman–Crippen MR) is 123 cm³/mol. The third kappa shape index (κ3) is 5.25. The molecule has 160 valence electrons. The lowest BCUT2D eigenvalue weighted by Crippen LogP contribution is -2.37. The summed E-state index contributed by atoms with van der Waals surface area (Å²) in [5.41, 5.74) is 2.50. The fourth-order valence-electron chi connectivity index (χ4n) is 3.29. The van der Waals surface area contributed by atoms with Crippen LogP contribution in [-0.4, -0.2) is 42.2 Å². The van der Waals surface area contributed by atoms with E-state index < -0.39 is 5.91 Å². The summed E-state index contributed by atoms with van der Waals surface area (Å²) in [7, 11) is 0. The van der Waals surface area contributed by atoms with Crippen molar-refractivity contribution in [1.82, 2.24) is 9.97 Å². The van der Waals surface area contributed by atoms with Gasteiger partial charge in [0.25, 0.3) is 5.91 Å². The van der Waals surface area contributed by atoms with Crippen molar-refractivity contribution in [1.29, 1.82) is 0 Å². The molecule has 0 saturated carbocycles. The van der Waals surface area contributed by atoms with Crippen molar-refractivity contribution in [2.24, 2.45) is 0 Å². The molecular formula is C22H21Cl2N5O2. The third-order valence-electron chi connectivity index (χ3n) is 4.81. The summed E-state index contributed by atoms with van der Waals surface area (Å²) in [5, 5.41) is 6.73. The number of halogens is 2. The molecule has 1 fully saturated rings. The van der Waals surface area contributed by atoms with Crippen molar-refractivity contribution >= 4 is 46.4 Å². The summed E-state index contributed by atoms with van der Waals surface area (Å²) in [6.07, 6.45) is 1.41. The largest absolute Gasteiger partial charge is 0.378 e. The van der Waals surface area contributed by atoms with Gasteiger partial charge in [0.15, 0.2) is 5.69 Å². The molecule has 1 aromatic heterocycles. The molecule has 1 aliphatic heterocycles. The Hall–Kier alpha value is -2.87. The van der Waals surface area contributed by atoms with Gasteiger partial charge in [0, 0.05) is 19.6 Å². The number of nitrogens with zero attached hydrogens (tertiary/aromatic N) is 3. The number of nitrogens with one attached hydrogen (secondary N) is 2. The van der Waals surface area contributed by atoms with Crippen LogP contribution in [-0.2, 0) is 11.3 Å². The number of carbonyl (C=O) groups excluding carboxylic acids is 1. The Labute approximate surface area is 190 Å². The second-order valence-corrected chi connectivity index (χ2v) is 7.73. The number of amides is 1. The lowest BCUT2D eigenvalue weighted by Gasteiger charge is -2.31. The van der Waals surface area contributed by atoms with E-state index in [4.69, 9.17) is 27.9 Å². The lowest BCUT2D eigenvalue weighted by molar-refractivity contribution is 0.102. The Morgan fingerprint density at radius 1 is 1.03 bits per heavy atom. The molecular weight excluding hydrogens is 437 g/mol. The maximum absolute atomic E-state index is 13.0. The summed E-state index contributed by atoms with van der Waals surface area (Å²) >= 11 is 12.7. The number of hydrogen-bond acceptors (Lipinski definition) is 6. The van der Waals surface area contributed by atoms with Gasteiger partial charge in [0.05, 0.1) is 40.8 Å². The first kappa shape index (κ1) is 21.4. The lowest BCUT2D eigenvalue weighted by atomic mass is 10.2. The van der Waals surface area contributed by atoms with E-state index in [1.54, 1.807) is 18.2 Å². The highest BCUT2D eigenvalue weighted by molar-refractivity contribution is 6.35. The maximum Gasteiger partial charge on any atom is 0.276 e. The quantitative estimate of drug-likeness (QED) is 0.567. The van der Waals surface area contributed by atoms with E-state index in [-0.39, 0.29) is 10.7 Å². The molecule has 2 aromatic carbocycles. The standard InChI is InChI=1S/C22H21Cl2N5O2/c23-16-7-4-8-18(20(16)29-9-11-31-12-10-29)27-21(30)19-17(24)14-26-22(28-19)25-13-15-5-2-1-3-6-15/h1-8,14H,9-13H2,(H,27,30)(H,25,26,28). The van der Waals surface area contributed by atoms with Crippen LogP contribution in [0.3, 0.4) is 0 Å². The summed E-state index contributed by atoms with van der Waals surface area (Å²) in [4.78, 5) is 23.6. The molecule has 0 aliphatic carbocycles. The Morgan fingerprint density at radius 2 is 1.81 bits per heavy atom. The van der Waals surface area contributed by atoms with Gasteiger partial charge in [-0.3, -0.25) is 4.79 Å². The molecule has 1 saturated heterocycles. The first-order chi connectivity index (χ1) is 15.1. The maximum atomic E-state index is 13.0. The zero-order valence-corrected chi connectivity index (χ0v) is 18.2. The Morgan fingerprint density at radius 3 is 2.58 bits per heavy atom. The molecule has 1 amide bonds. The van der Waals surface area contributed by atoms with Crippen LogP contribution in [0.25, 0.3) is 0 Å². The fourth-order valence-corrected chi connectivity index (χ4v) is 3.77.